The maximum absolute atomic E-state index is 12.2. The van der Waals surface area contributed by atoms with Gasteiger partial charge >= 0.3 is 24.3 Å². The van der Waals surface area contributed by atoms with Gasteiger partial charge in [-0.1, -0.05) is 13.0 Å². The lowest BCUT2D eigenvalue weighted by Gasteiger charge is -2.27. The van der Waals surface area contributed by atoms with E-state index in [4.69, 9.17) is 19.8 Å². The monoisotopic (exact) mass is 555 g/mol. The third-order valence-corrected chi connectivity index (χ3v) is 4.95. The molecule has 0 aliphatic carbocycles. The molecule has 3 heterocycles. The zero-order valence-electron chi connectivity index (χ0n) is 20.4. The van der Waals surface area contributed by atoms with E-state index in [-0.39, 0.29) is 5.91 Å². The molecule has 0 aromatic carbocycles. The lowest BCUT2D eigenvalue weighted by Crippen LogP contribution is -2.37. The number of nitrogens with zero attached hydrogens (tertiary/aromatic N) is 5. The molecule has 1 aliphatic rings. The summed E-state index contributed by atoms with van der Waals surface area (Å²) >= 11 is 0. The number of hydrogen-bond acceptors (Lipinski definition) is 6. The average molecular weight is 555 g/mol. The normalized spacial score (nSPS) is 15.3. The van der Waals surface area contributed by atoms with Crippen LogP contribution in [0, 0.1) is 5.92 Å². The van der Waals surface area contributed by atoms with Crippen molar-refractivity contribution in [3.05, 3.63) is 48.3 Å². The number of fused-ring (bicyclic) bond motifs is 1. The highest BCUT2D eigenvalue weighted by Gasteiger charge is 2.38. The van der Waals surface area contributed by atoms with Crippen LogP contribution in [-0.4, -0.2) is 84.9 Å². The van der Waals surface area contributed by atoms with Gasteiger partial charge in [-0.2, -0.15) is 26.3 Å². The van der Waals surface area contributed by atoms with Gasteiger partial charge in [-0.05, 0) is 18.7 Å². The Labute approximate surface area is 213 Å². The molecule has 0 saturated heterocycles. The summed E-state index contributed by atoms with van der Waals surface area (Å²) in [5.74, 6) is -3.95. The predicted octanol–water partition coefficient (Wildman–Crippen LogP) is 3.05. The molecule has 2 aromatic heterocycles. The predicted molar refractivity (Wildman–Crippen MR) is 119 cm³/mol. The molecule has 0 radical (unpaired) electrons. The average Bonchev–Trinajstić information content (AvgIpc) is 3.17. The van der Waals surface area contributed by atoms with Crippen LogP contribution in [0.25, 0.3) is 0 Å². The number of halogens is 6. The molecule has 1 atom stereocenters. The van der Waals surface area contributed by atoms with Gasteiger partial charge in [-0.15, -0.1) is 0 Å². The zero-order chi connectivity index (χ0) is 29.1. The lowest BCUT2D eigenvalue weighted by atomic mass is 10.1. The number of carboxylic acid groups (broad SMARTS) is 2. The standard InChI is InChI=1S/C18H25N5O.2C2HF3O2/c1-3-18(24)23-13-16(12-22-8-7-20-17(22)14-23)11-21(2)10-15-5-4-6-19-9-15;2*3-2(4,5)1(6)7/h4-9,16H,3,10-14H2,1-2H3;2*(H,6,7). The first-order valence-electron chi connectivity index (χ1n) is 11.0. The molecule has 1 amide bonds. The Morgan fingerprint density at radius 3 is 2.11 bits per heavy atom. The molecule has 212 valence electrons. The van der Waals surface area contributed by atoms with E-state index in [1.807, 2.05) is 36.5 Å². The number of rotatable bonds is 5. The van der Waals surface area contributed by atoms with Crippen LogP contribution in [0.2, 0.25) is 0 Å². The first kappa shape index (κ1) is 32.3. The van der Waals surface area contributed by atoms with Crippen molar-refractivity contribution >= 4 is 17.8 Å². The summed E-state index contributed by atoms with van der Waals surface area (Å²) in [5, 5.41) is 14.2. The van der Waals surface area contributed by atoms with Crippen LogP contribution in [0.5, 0.6) is 0 Å². The van der Waals surface area contributed by atoms with Gasteiger partial charge in [0.2, 0.25) is 5.91 Å². The number of aromatic nitrogens is 3. The molecule has 38 heavy (non-hydrogen) atoms. The fourth-order valence-electron chi connectivity index (χ4n) is 3.38. The Balaban J connectivity index is 0.000000426. The molecule has 10 nitrogen and oxygen atoms in total. The summed E-state index contributed by atoms with van der Waals surface area (Å²) < 4.78 is 65.7. The van der Waals surface area contributed by atoms with Gasteiger partial charge in [0.1, 0.15) is 5.82 Å². The second kappa shape index (κ2) is 14.3. The molecule has 2 aromatic rings. The highest BCUT2D eigenvalue weighted by Crippen LogP contribution is 2.18. The molecule has 0 saturated carbocycles. The Hall–Kier alpha value is -3.69. The van der Waals surface area contributed by atoms with Gasteiger partial charge in [0.05, 0.1) is 6.54 Å². The van der Waals surface area contributed by atoms with Crippen LogP contribution in [0.4, 0.5) is 26.3 Å². The first-order valence-corrected chi connectivity index (χ1v) is 11.0. The molecule has 1 aliphatic heterocycles. The third kappa shape index (κ3) is 11.6. The van der Waals surface area contributed by atoms with Crippen molar-refractivity contribution in [2.75, 3.05) is 20.1 Å². The number of aliphatic carboxylic acids is 2. The summed E-state index contributed by atoms with van der Waals surface area (Å²) in [4.78, 5) is 42.9. The van der Waals surface area contributed by atoms with Crippen LogP contribution in [-0.2, 0) is 34.0 Å². The SMILES string of the molecule is CCC(=O)N1Cc2nccn2CC(CN(C)Cc2cccnc2)C1.O=C(O)C(F)(F)F.O=C(O)C(F)(F)F. The molecular formula is C22H27F6N5O5. The lowest BCUT2D eigenvalue weighted by molar-refractivity contribution is -0.193. The fourth-order valence-corrected chi connectivity index (χ4v) is 3.38. The maximum atomic E-state index is 12.2. The van der Waals surface area contributed by atoms with Crippen molar-refractivity contribution in [3.63, 3.8) is 0 Å². The van der Waals surface area contributed by atoms with Crippen LogP contribution >= 0.6 is 0 Å². The number of carbonyl (C=O) groups is 3. The number of carboxylic acids is 2. The van der Waals surface area contributed by atoms with E-state index in [0.717, 1.165) is 32.0 Å². The molecule has 2 N–H and O–H groups in total. The third-order valence-electron chi connectivity index (χ3n) is 4.95. The molecule has 1 unspecified atom stereocenters. The van der Waals surface area contributed by atoms with E-state index in [2.05, 4.69) is 32.5 Å². The molecule has 0 spiro atoms. The van der Waals surface area contributed by atoms with Crippen molar-refractivity contribution in [2.45, 2.75) is 45.3 Å². The highest BCUT2D eigenvalue weighted by molar-refractivity contribution is 5.75. The Morgan fingerprint density at radius 2 is 1.63 bits per heavy atom. The second-order valence-electron chi connectivity index (χ2n) is 8.15. The number of carbonyl (C=O) groups excluding carboxylic acids is 1. The largest absolute Gasteiger partial charge is 0.490 e. The van der Waals surface area contributed by atoms with Crippen LogP contribution in [0.15, 0.2) is 36.9 Å². The van der Waals surface area contributed by atoms with E-state index >= 15 is 0 Å². The summed E-state index contributed by atoms with van der Waals surface area (Å²) in [6, 6.07) is 4.06. The molecule has 0 fully saturated rings. The number of amides is 1. The minimum absolute atomic E-state index is 0.200. The van der Waals surface area contributed by atoms with E-state index in [9.17, 15) is 31.1 Å². The Bertz CT molecular complexity index is 1020. The minimum atomic E-state index is -5.08. The Kier molecular flexibility index (Phi) is 12.2. The van der Waals surface area contributed by atoms with Gasteiger partial charge in [0.15, 0.2) is 0 Å². The molecular weight excluding hydrogens is 528 g/mol. The van der Waals surface area contributed by atoms with Crippen molar-refractivity contribution in [1.29, 1.82) is 0 Å². The fraction of sp³-hybridized carbons (Fsp3) is 0.500. The van der Waals surface area contributed by atoms with Gasteiger partial charge in [-0.25, -0.2) is 14.6 Å². The van der Waals surface area contributed by atoms with Crippen molar-refractivity contribution < 1.29 is 50.9 Å². The summed E-state index contributed by atoms with van der Waals surface area (Å²) in [6.07, 6.45) is -2.08. The second-order valence-corrected chi connectivity index (χ2v) is 8.15. The number of alkyl halides is 6. The van der Waals surface area contributed by atoms with E-state index in [1.54, 1.807) is 6.20 Å². The molecule has 16 heteroatoms. The quantitative estimate of drug-likeness (QED) is 0.539. The van der Waals surface area contributed by atoms with Crippen LogP contribution in [0.1, 0.15) is 24.7 Å². The van der Waals surface area contributed by atoms with Crippen molar-refractivity contribution in [2.24, 2.45) is 5.92 Å². The topological polar surface area (TPSA) is 129 Å². The number of hydrogen-bond donors (Lipinski definition) is 2. The number of pyridine rings is 1. The first-order chi connectivity index (χ1) is 17.5. The highest BCUT2D eigenvalue weighted by atomic mass is 19.4. The molecule has 0 bridgehead atoms. The van der Waals surface area contributed by atoms with Gasteiger partial charge in [-0.3, -0.25) is 9.78 Å². The Morgan fingerprint density at radius 1 is 1.05 bits per heavy atom. The van der Waals surface area contributed by atoms with E-state index in [0.29, 0.717) is 18.9 Å². The molecule has 3 rings (SSSR count). The smallest absolute Gasteiger partial charge is 0.475 e. The van der Waals surface area contributed by atoms with Gasteiger partial charge in [0.25, 0.3) is 0 Å². The van der Waals surface area contributed by atoms with Crippen LogP contribution in [0.3, 0.4) is 0 Å². The zero-order valence-corrected chi connectivity index (χ0v) is 20.4. The number of imidazole rings is 1. The maximum Gasteiger partial charge on any atom is 0.490 e. The van der Waals surface area contributed by atoms with Crippen LogP contribution < -0.4 is 0 Å². The van der Waals surface area contributed by atoms with Crippen molar-refractivity contribution in [3.8, 4) is 0 Å². The van der Waals surface area contributed by atoms with Gasteiger partial charge < -0.3 is 24.6 Å². The van der Waals surface area contributed by atoms with Gasteiger partial charge in [0, 0.05) is 63.3 Å². The summed E-state index contributed by atoms with van der Waals surface area (Å²) in [5.41, 5.74) is 1.21. The summed E-state index contributed by atoms with van der Waals surface area (Å²) in [7, 11) is 2.12. The van der Waals surface area contributed by atoms with E-state index in [1.165, 1.54) is 5.56 Å². The van der Waals surface area contributed by atoms with E-state index < -0.39 is 24.3 Å². The minimum Gasteiger partial charge on any atom is -0.475 e. The summed E-state index contributed by atoms with van der Waals surface area (Å²) in [6.45, 7) is 6.02. The van der Waals surface area contributed by atoms with Crippen molar-refractivity contribution in [1.82, 2.24) is 24.3 Å².